The molecular weight excluding hydrogens is 258 g/mol. The van der Waals surface area contributed by atoms with Crippen LogP contribution in [0.2, 0.25) is 0 Å². The molecule has 0 saturated carbocycles. The van der Waals surface area contributed by atoms with E-state index >= 15 is 0 Å². The molecule has 3 rings (SSSR count). The van der Waals surface area contributed by atoms with Crippen LogP contribution < -0.4 is 5.73 Å². The molecule has 0 radical (unpaired) electrons. The van der Waals surface area contributed by atoms with Crippen molar-refractivity contribution in [2.24, 2.45) is 5.73 Å². The Labute approximate surface area is 125 Å². The predicted octanol–water partition coefficient (Wildman–Crippen LogP) is 3.67. The van der Waals surface area contributed by atoms with Crippen molar-refractivity contribution in [3.05, 3.63) is 65.5 Å². The van der Waals surface area contributed by atoms with Gasteiger partial charge in [0.2, 0.25) is 0 Å². The van der Waals surface area contributed by atoms with E-state index in [1.165, 1.54) is 16.6 Å². The van der Waals surface area contributed by atoms with Gasteiger partial charge in [0.05, 0.1) is 11.0 Å². The fourth-order valence-electron chi connectivity index (χ4n) is 2.89. The number of hydrogen-bond acceptors (Lipinski definition) is 2. The zero-order valence-corrected chi connectivity index (χ0v) is 12.6. The lowest BCUT2D eigenvalue weighted by Gasteiger charge is -2.14. The molecule has 0 bridgehead atoms. The molecule has 3 heteroatoms. The van der Waals surface area contributed by atoms with Crippen molar-refractivity contribution >= 4 is 11.0 Å². The van der Waals surface area contributed by atoms with Crippen LogP contribution in [0.4, 0.5) is 0 Å². The Morgan fingerprint density at radius 2 is 1.67 bits per heavy atom. The lowest BCUT2D eigenvalue weighted by Crippen LogP contribution is -2.09. The van der Waals surface area contributed by atoms with Gasteiger partial charge in [0.1, 0.15) is 5.82 Å². The van der Waals surface area contributed by atoms with Crippen LogP contribution in [0.15, 0.2) is 48.5 Å². The SMILES string of the molecule is CC(C)n1c(Cc2ccccc2CN)nc2ccccc21. The van der Waals surface area contributed by atoms with E-state index in [-0.39, 0.29) is 0 Å². The summed E-state index contributed by atoms with van der Waals surface area (Å²) in [5.41, 5.74) is 10.6. The van der Waals surface area contributed by atoms with Gasteiger partial charge in [-0.05, 0) is 37.1 Å². The van der Waals surface area contributed by atoms with Gasteiger partial charge in [-0.1, -0.05) is 36.4 Å². The highest BCUT2D eigenvalue weighted by molar-refractivity contribution is 5.76. The van der Waals surface area contributed by atoms with E-state index in [1.54, 1.807) is 0 Å². The first-order valence-electron chi connectivity index (χ1n) is 7.43. The van der Waals surface area contributed by atoms with Crippen molar-refractivity contribution in [2.75, 3.05) is 0 Å². The van der Waals surface area contributed by atoms with Gasteiger partial charge in [-0.25, -0.2) is 4.98 Å². The first-order chi connectivity index (χ1) is 10.2. The van der Waals surface area contributed by atoms with E-state index in [4.69, 9.17) is 10.7 Å². The number of rotatable bonds is 4. The maximum atomic E-state index is 5.85. The van der Waals surface area contributed by atoms with Gasteiger partial charge in [0.25, 0.3) is 0 Å². The molecular formula is C18H21N3. The molecule has 0 unspecified atom stereocenters. The van der Waals surface area contributed by atoms with E-state index in [1.807, 2.05) is 12.1 Å². The zero-order valence-electron chi connectivity index (χ0n) is 12.6. The molecule has 3 nitrogen and oxygen atoms in total. The predicted molar refractivity (Wildman–Crippen MR) is 87.3 cm³/mol. The molecule has 21 heavy (non-hydrogen) atoms. The summed E-state index contributed by atoms with van der Waals surface area (Å²) >= 11 is 0. The molecule has 3 aromatic rings. The minimum atomic E-state index is 0.387. The summed E-state index contributed by atoms with van der Waals surface area (Å²) in [7, 11) is 0. The van der Waals surface area contributed by atoms with Crippen LogP contribution >= 0.6 is 0 Å². The Kier molecular flexibility index (Phi) is 3.76. The number of fused-ring (bicyclic) bond motifs is 1. The largest absolute Gasteiger partial charge is 0.326 e. The molecule has 0 aliphatic carbocycles. The average Bonchev–Trinajstić information content (AvgIpc) is 2.85. The summed E-state index contributed by atoms with van der Waals surface area (Å²) in [5.74, 6) is 1.10. The highest BCUT2D eigenvalue weighted by Gasteiger charge is 2.14. The first kappa shape index (κ1) is 13.8. The van der Waals surface area contributed by atoms with Crippen molar-refractivity contribution in [3.63, 3.8) is 0 Å². The Morgan fingerprint density at radius 3 is 2.38 bits per heavy atom. The minimum Gasteiger partial charge on any atom is -0.326 e. The van der Waals surface area contributed by atoms with Gasteiger partial charge in [-0.2, -0.15) is 0 Å². The summed E-state index contributed by atoms with van der Waals surface area (Å²) in [6.07, 6.45) is 0.820. The third-order valence-electron chi connectivity index (χ3n) is 3.87. The average molecular weight is 279 g/mol. The van der Waals surface area contributed by atoms with Crippen LogP contribution in [0.25, 0.3) is 11.0 Å². The van der Waals surface area contributed by atoms with E-state index in [0.717, 1.165) is 17.8 Å². The molecule has 0 fully saturated rings. The van der Waals surface area contributed by atoms with E-state index in [2.05, 4.69) is 54.8 Å². The molecule has 0 amide bonds. The lowest BCUT2D eigenvalue weighted by atomic mass is 10.0. The summed E-state index contributed by atoms with van der Waals surface area (Å²) in [4.78, 5) is 4.83. The quantitative estimate of drug-likeness (QED) is 0.792. The first-order valence-corrected chi connectivity index (χ1v) is 7.43. The molecule has 0 aliphatic heterocycles. The molecule has 1 heterocycles. The van der Waals surface area contributed by atoms with Crippen LogP contribution in [0.5, 0.6) is 0 Å². The number of hydrogen-bond donors (Lipinski definition) is 1. The van der Waals surface area contributed by atoms with Gasteiger partial charge in [0.15, 0.2) is 0 Å². The molecule has 0 aliphatic rings. The van der Waals surface area contributed by atoms with Crippen LogP contribution in [0, 0.1) is 0 Å². The molecule has 108 valence electrons. The number of benzene rings is 2. The summed E-state index contributed by atoms with van der Waals surface area (Å²) < 4.78 is 2.32. The maximum Gasteiger partial charge on any atom is 0.114 e. The van der Waals surface area contributed by atoms with E-state index < -0.39 is 0 Å². The van der Waals surface area contributed by atoms with Crippen molar-refractivity contribution in [1.29, 1.82) is 0 Å². The molecule has 0 saturated heterocycles. The van der Waals surface area contributed by atoms with Crippen molar-refractivity contribution < 1.29 is 0 Å². The summed E-state index contributed by atoms with van der Waals surface area (Å²) in [5, 5.41) is 0. The monoisotopic (exact) mass is 279 g/mol. The second-order valence-electron chi connectivity index (χ2n) is 5.63. The Balaban J connectivity index is 2.10. The Morgan fingerprint density at radius 1 is 1.00 bits per heavy atom. The van der Waals surface area contributed by atoms with Crippen molar-refractivity contribution in [3.8, 4) is 0 Å². The van der Waals surface area contributed by atoms with Gasteiger partial charge in [0, 0.05) is 19.0 Å². The van der Waals surface area contributed by atoms with Crippen molar-refractivity contribution in [2.45, 2.75) is 32.9 Å². The fourth-order valence-corrected chi connectivity index (χ4v) is 2.89. The molecule has 0 spiro atoms. The lowest BCUT2D eigenvalue weighted by molar-refractivity contribution is 0.591. The number of imidazole rings is 1. The Hall–Kier alpha value is -2.13. The third kappa shape index (κ3) is 2.57. The third-order valence-corrected chi connectivity index (χ3v) is 3.87. The molecule has 1 aromatic heterocycles. The van der Waals surface area contributed by atoms with Gasteiger partial charge in [-0.3, -0.25) is 0 Å². The van der Waals surface area contributed by atoms with Gasteiger partial charge in [-0.15, -0.1) is 0 Å². The Bertz CT molecular complexity index is 756. The number of nitrogens with zero attached hydrogens (tertiary/aromatic N) is 2. The van der Waals surface area contributed by atoms with Crippen LogP contribution in [0.1, 0.15) is 36.8 Å². The standard InChI is InChI=1S/C18H21N3/c1-13(2)21-17-10-6-5-9-16(17)20-18(21)11-14-7-3-4-8-15(14)12-19/h3-10,13H,11-12,19H2,1-2H3. The number of aromatic nitrogens is 2. The van der Waals surface area contributed by atoms with Gasteiger partial charge >= 0.3 is 0 Å². The van der Waals surface area contributed by atoms with E-state index in [9.17, 15) is 0 Å². The summed E-state index contributed by atoms with van der Waals surface area (Å²) in [6, 6.07) is 17.1. The zero-order chi connectivity index (χ0) is 14.8. The van der Waals surface area contributed by atoms with E-state index in [0.29, 0.717) is 12.6 Å². The van der Waals surface area contributed by atoms with Gasteiger partial charge < -0.3 is 10.3 Å². The second-order valence-corrected chi connectivity index (χ2v) is 5.63. The normalized spacial score (nSPS) is 11.4. The summed E-state index contributed by atoms with van der Waals surface area (Å²) in [6.45, 7) is 4.97. The maximum absolute atomic E-state index is 5.85. The van der Waals surface area contributed by atoms with Crippen LogP contribution in [-0.4, -0.2) is 9.55 Å². The fraction of sp³-hybridized carbons (Fsp3) is 0.278. The molecule has 2 aromatic carbocycles. The minimum absolute atomic E-state index is 0.387. The van der Waals surface area contributed by atoms with Crippen LogP contribution in [-0.2, 0) is 13.0 Å². The highest BCUT2D eigenvalue weighted by Crippen LogP contribution is 2.23. The molecule has 0 atom stereocenters. The number of nitrogens with two attached hydrogens (primary N) is 1. The van der Waals surface area contributed by atoms with Crippen molar-refractivity contribution in [1.82, 2.24) is 9.55 Å². The highest BCUT2D eigenvalue weighted by atomic mass is 15.1. The number of para-hydroxylation sites is 2. The smallest absolute Gasteiger partial charge is 0.114 e. The van der Waals surface area contributed by atoms with Crippen LogP contribution in [0.3, 0.4) is 0 Å². The molecule has 2 N–H and O–H groups in total. The second kappa shape index (κ2) is 5.70. The topological polar surface area (TPSA) is 43.8 Å².